The third-order valence-corrected chi connectivity index (χ3v) is 3.99. The van der Waals surface area contributed by atoms with Crippen LogP contribution in [0.5, 0.6) is 0 Å². The summed E-state index contributed by atoms with van der Waals surface area (Å²) in [5, 5.41) is 8.29. The summed E-state index contributed by atoms with van der Waals surface area (Å²) >= 11 is 0. The first-order valence-electron chi connectivity index (χ1n) is 11.4. The van der Waals surface area contributed by atoms with Crippen molar-refractivity contribution < 1.29 is 23.7 Å². The number of aryl methyl sites for hydroxylation is 1. The lowest BCUT2D eigenvalue weighted by Crippen LogP contribution is -2.13. The first-order chi connectivity index (χ1) is 14.7. The maximum atomic E-state index is 5.57. The lowest BCUT2D eigenvalue weighted by molar-refractivity contribution is -0.0134. The van der Waals surface area contributed by atoms with Crippen molar-refractivity contribution in [1.29, 1.82) is 0 Å². The Morgan fingerprint density at radius 1 is 0.800 bits per heavy atom. The molecule has 1 heterocycles. The molecule has 0 atom stereocenters. The number of rotatable bonds is 20. The number of ether oxygens (including phenoxy) is 5. The molecule has 30 heavy (non-hydrogen) atoms. The average molecular weight is 432 g/mol. The Labute approximate surface area is 183 Å². The Balaban J connectivity index is 0.00000407. The van der Waals surface area contributed by atoms with Gasteiger partial charge in [-0.25, -0.2) is 0 Å². The van der Waals surface area contributed by atoms with Gasteiger partial charge in [0.2, 0.25) is 0 Å². The monoisotopic (exact) mass is 431 g/mol. The van der Waals surface area contributed by atoms with E-state index in [0.29, 0.717) is 46.2 Å². The third kappa shape index (κ3) is 18.9. The van der Waals surface area contributed by atoms with Crippen LogP contribution in [0.3, 0.4) is 0 Å². The quantitative estimate of drug-likeness (QED) is 0.290. The predicted octanol–water partition coefficient (Wildman–Crippen LogP) is 3.88. The topological polar surface area (TPSA) is 76.9 Å². The van der Waals surface area contributed by atoms with Gasteiger partial charge in [-0.1, -0.05) is 38.3 Å². The Hall–Kier alpha value is -1.06. The Morgan fingerprint density at radius 3 is 2.07 bits per heavy atom. The highest BCUT2D eigenvalue weighted by atomic mass is 16.6. The van der Waals surface area contributed by atoms with E-state index >= 15 is 0 Å². The number of nitrogens with zero attached hydrogens (tertiary/aromatic N) is 3. The predicted molar refractivity (Wildman–Crippen MR) is 119 cm³/mol. The van der Waals surface area contributed by atoms with E-state index < -0.39 is 0 Å². The van der Waals surface area contributed by atoms with Crippen LogP contribution in [0.2, 0.25) is 0 Å². The Bertz CT molecular complexity index is 458. The fraction of sp³-hybridized carbons (Fsp3) is 0.909. The molecule has 0 bridgehead atoms. The van der Waals surface area contributed by atoms with Crippen LogP contribution in [0, 0.1) is 0 Å². The minimum Gasteiger partial charge on any atom is -0.385 e. The van der Waals surface area contributed by atoms with E-state index in [1.807, 2.05) is 38.6 Å². The van der Waals surface area contributed by atoms with Crippen LogP contribution in [0.25, 0.3) is 0 Å². The van der Waals surface area contributed by atoms with Gasteiger partial charge in [0.15, 0.2) is 0 Å². The second kappa shape index (κ2) is 22.6. The number of hydrogen-bond acceptors (Lipinski definition) is 7. The molecule has 0 saturated heterocycles. The molecule has 0 radical (unpaired) electrons. The van der Waals surface area contributed by atoms with Gasteiger partial charge in [-0.2, -0.15) is 0 Å². The molecule has 0 aliphatic heterocycles. The lowest BCUT2D eigenvalue weighted by Gasteiger charge is -2.08. The molecule has 1 rings (SSSR count). The summed E-state index contributed by atoms with van der Waals surface area (Å²) in [5.74, 6) is 0. The SMILES string of the molecule is CC.COCCCCCCCn1cc(COCCOCCOCCOC(C)C)nn1. The van der Waals surface area contributed by atoms with Gasteiger partial charge < -0.3 is 23.7 Å². The van der Waals surface area contributed by atoms with Gasteiger partial charge >= 0.3 is 0 Å². The molecule has 0 aromatic carbocycles. The summed E-state index contributed by atoms with van der Waals surface area (Å²) < 4.78 is 28.8. The van der Waals surface area contributed by atoms with Crippen LogP contribution in [-0.2, 0) is 36.8 Å². The molecule has 0 aliphatic carbocycles. The third-order valence-electron chi connectivity index (χ3n) is 3.99. The highest BCUT2D eigenvalue weighted by Gasteiger charge is 2.01. The van der Waals surface area contributed by atoms with Crippen molar-refractivity contribution in [3.8, 4) is 0 Å². The first-order valence-corrected chi connectivity index (χ1v) is 11.4. The summed E-state index contributed by atoms with van der Waals surface area (Å²) in [6, 6.07) is 0. The molecule has 178 valence electrons. The van der Waals surface area contributed by atoms with Gasteiger partial charge in [-0.15, -0.1) is 5.10 Å². The number of hydrogen-bond donors (Lipinski definition) is 0. The largest absolute Gasteiger partial charge is 0.385 e. The van der Waals surface area contributed by atoms with Crippen LogP contribution >= 0.6 is 0 Å². The maximum absolute atomic E-state index is 5.57. The van der Waals surface area contributed by atoms with Crippen molar-refractivity contribution >= 4 is 0 Å². The summed E-state index contributed by atoms with van der Waals surface area (Å²) in [4.78, 5) is 0. The first kappa shape index (κ1) is 28.9. The molecule has 8 nitrogen and oxygen atoms in total. The average Bonchev–Trinajstić information content (AvgIpc) is 3.20. The maximum Gasteiger partial charge on any atom is 0.108 e. The van der Waals surface area contributed by atoms with E-state index in [9.17, 15) is 0 Å². The zero-order valence-corrected chi connectivity index (χ0v) is 19.9. The normalized spacial score (nSPS) is 11.0. The van der Waals surface area contributed by atoms with Crippen LogP contribution < -0.4 is 0 Å². The Kier molecular flexibility index (Phi) is 21.8. The standard InChI is InChI=1S/C20H39N3O5.C2H6/c1-19(2)28-16-15-26-12-11-25-13-14-27-18-20-17-23(22-21-20)9-7-5-4-6-8-10-24-3;1-2/h17,19H,4-16,18H2,1-3H3;1-2H3. The van der Waals surface area contributed by atoms with Crippen LogP contribution in [0.4, 0.5) is 0 Å². The number of unbranched alkanes of at least 4 members (excludes halogenated alkanes) is 4. The summed E-state index contributed by atoms with van der Waals surface area (Å²) in [6.07, 6.45) is 8.15. The lowest BCUT2D eigenvalue weighted by atomic mass is 10.1. The van der Waals surface area contributed by atoms with Gasteiger partial charge in [0.05, 0.1) is 58.5 Å². The van der Waals surface area contributed by atoms with Crippen molar-refractivity contribution in [3.05, 3.63) is 11.9 Å². The van der Waals surface area contributed by atoms with Gasteiger partial charge in [0.1, 0.15) is 5.69 Å². The van der Waals surface area contributed by atoms with Gasteiger partial charge in [-0.05, 0) is 26.7 Å². The fourth-order valence-electron chi connectivity index (χ4n) is 2.52. The second-order valence-electron chi connectivity index (χ2n) is 6.93. The van der Waals surface area contributed by atoms with Crippen LogP contribution in [0.15, 0.2) is 6.20 Å². The van der Waals surface area contributed by atoms with Crippen molar-refractivity contribution in [2.75, 3.05) is 53.4 Å². The molecular formula is C22H45N3O5. The molecule has 0 unspecified atom stereocenters. The van der Waals surface area contributed by atoms with E-state index in [0.717, 1.165) is 31.7 Å². The molecule has 8 heteroatoms. The molecule has 1 aromatic rings. The molecule has 0 amide bonds. The van der Waals surface area contributed by atoms with Crippen molar-refractivity contribution in [3.63, 3.8) is 0 Å². The zero-order chi connectivity index (χ0) is 22.3. The zero-order valence-electron chi connectivity index (χ0n) is 19.9. The number of methoxy groups -OCH3 is 1. The minimum absolute atomic E-state index is 0.245. The molecule has 0 saturated carbocycles. The molecule has 0 spiro atoms. The highest BCUT2D eigenvalue weighted by Crippen LogP contribution is 2.05. The molecule has 0 aliphatic rings. The van der Waals surface area contributed by atoms with Crippen molar-refractivity contribution in [1.82, 2.24) is 15.0 Å². The van der Waals surface area contributed by atoms with E-state index in [2.05, 4.69) is 10.3 Å². The fourth-order valence-corrected chi connectivity index (χ4v) is 2.52. The van der Waals surface area contributed by atoms with E-state index in [1.54, 1.807) is 7.11 Å². The smallest absolute Gasteiger partial charge is 0.108 e. The van der Waals surface area contributed by atoms with E-state index in [1.165, 1.54) is 19.3 Å². The minimum atomic E-state index is 0.245. The summed E-state index contributed by atoms with van der Waals surface area (Å²) in [7, 11) is 1.75. The van der Waals surface area contributed by atoms with Gasteiger partial charge in [-0.3, -0.25) is 4.68 Å². The van der Waals surface area contributed by atoms with Gasteiger partial charge in [0.25, 0.3) is 0 Å². The second-order valence-corrected chi connectivity index (χ2v) is 6.93. The van der Waals surface area contributed by atoms with Crippen molar-refractivity contribution in [2.45, 2.75) is 79.1 Å². The van der Waals surface area contributed by atoms with Gasteiger partial charge in [0, 0.05) is 20.3 Å². The van der Waals surface area contributed by atoms with E-state index in [4.69, 9.17) is 23.7 Å². The Morgan fingerprint density at radius 2 is 1.40 bits per heavy atom. The molecule has 1 aromatic heterocycles. The molecule has 0 N–H and O–H groups in total. The highest BCUT2D eigenvalue weighted by molar-refractivity contribution is 4.89. The molecule has 0 fully saturated rings. The summed E-state index contributed by atoms with van der Waals surface area (Å²) in [5.41, 5.74) is 0.855. The molecular weight excluding hydrogens is 386 g/mol. The number of aromatic nitrogens is 3. The van der Waals surface area contributed by atoms with Crippen LogP contribution in [-0.4, -0.2) is 74.5 Å². The van der Waals surface area contributed by atoms with Crippen molar-refractivity contribution in [2.24, 2.45) is 0 Å². The van der Waals surface area contributed by atoms with E-state index in [-0.39, 0.29) is 6.10 Å². The van der Waals surface area contributed by atoms with Crippen LogP contribution in [0.1, 0.15) is 65.5 Å². The summed E-state index contributed by atoms with van der Waals surface area (Å²) in [6.45, 7) is 13.7.